The van der Waals surface area contributed by atoms with Crippen molar-refractivity contribution >= 4 is 39.7 Å². The van der Waals surface area contributed by atoms with Crippen molar-refractivity contribution in [2.24, 2.45) is 0 Å². The van der Waals surface area contributed by atoms with Crippen molar-refractivity contribution in [3.05, 3.63) is 17.5 Å². The van der Waals surface area contributed by atoms with Crippen LogP contribution < -0.4 is 10.0 Å². The van der Waals surface area contributed by atoms with Crippen LogP contribution >= 0.6 is 23.7 Å². The van der Waals surface area contributed by atoms with Crippen LogP contribution in [0.1, 0.15) is 13.8 Å². The zero-order valence-electron chi connectivity index (χ0n) is 11.9. The molecule has 6 nitrogen and oxygen atoms in total. The molecule has 1 aliphatic rings. The third-order valence-electron chi connectivity index (χ3n) is 3.25. The van der Waals surface area contributed by atoms with Gasteiger partial charge in [0.2, 0.25) is 5.91 Å². The van der Waals surface area contributed by atoms with E-state index in [9.17, 15) is 13.2 Å². The van der Waals surface area contributed by atoms with Crippen molar-refractivity contribution in [2.75, 3.05) is 19.6 Å². The molecular formula is C12H20ClN3O3S2. The summed E-state index contributed by atoms with van der Waals surface area (Å²) in [6.07, 6.45) is 0. The Kier molecular flexibility index (Phi) is 6.61. The van der Waals surface area contributed by atoms with Gasteiger partial charge < -0.3 is 10.2 Å². The predicted octanol–water partition coefficient (Wildman–Crippen LogP) is 0.657. The van der Waals surface area contributed by atoms with Crippen LogP contribution in [0.4, 0.5) is 0 Å². The summed E-state index contributed by atoms with van der Waals surface area (Å²) in [5.74, 6) is -0.181. The van der Waals surface area contributed by atoms with Gasteiger partial charge in [-0.1, -0.05) is 6.07 Å². The molecule has 9 heteroatoms. The largest absolute Gasteiger partial charge is 0.336 e. The summed E-state index contributed by atoms with van der Waals surface area (Å²) >= 11 is 1.13. The number of hydrogen-bond donors (Lipinski definition) is 2. The molecule has 1 fully saturated rings. The fourth-order valence-corrected chi connectivity index (χ4v) is 4.38. The summed E-state index contributed by atoms with van der Waals surface area (Å²) in [4.78, 5) is 14.1. The van der Waals surface area contributed by atoms with Crippen molar-refractivity contribution in [3.63, 3.8) is 0 Å². The topological polar surface area (TPSA) is 78.5 Å². The lowest BCUT2D eigenvalue weighted by atomic mass is 10.2. The minimum atomic E-state index is -3.61. The second kappa shape index (κ2) is 7.55. The van der Waals surface area contributed by atoms with Gasteiger partial charge in [-0.05, 0) is 25.3 Å². The number of sulfonamides is 1. The Bertz CT molecular complexity index is 562. The Morgan fingerprint density at radius 3 is 2.86 bits per heavy atom. The van der Waals surface area contributed by atoms with E-state index in [1.54, 1.807) is 23.3 Å². The smallest absolute Gasteiger partial charge is 0.250 e. The van der Waals surface area contributed by atoms with Crippen molar-refractivity contribution in [1.82, 2.24) is 14.9 Å². The molecule has 0 aromatic carbocycles. The Balaban J connectivity index is 0.00000220. The van der Waals surface area contributed by atoms with Crippen molar-refractivity contribution in [1.29, 1.82) is 0 Å². The van der Waals surface area contributed by atoms with Crippen molar-refractivity contribution in [2.45, 2.75) is 30.1 Å². The minimum Gasteiger partial charge on any atom is -0.336 e. The minimum absolute atomic E-state index is 0. The molecule has 1 aliphatic heterocycles. The first-order valence-electron chi connectivity index (χ1n) is 6.49. The number of carbonyl (C=O) groups is 1. The molecule has 2 atom stereocenters. The average molecular weight is 354 g/mol. The quantitative estimate of drug-likeness (QED) is 0.833. The van der Waals surface area contributed by atoms with Crippen LogP contribution in [-0.4, -0.2) is 50.9 Å². The van der Waals surface area contributed by atoms with Gasteiger partial charge >= 0.3 is 0 Å². The summed E-state index contributed by atoms with van der Waals surface area (Å²) in [6.45, 7) is 5.61. The maximum absolute atomic E-state index is 12.3. The molecule has 0 aliphatic carbocycles. The highest BCUT2D eigenvalue weighted by Gasteiger charge is 2.29. The number of hydrogen-bond acceptors (Lipinski definition) is 5. The predicted molar refractivity (Wildman–Crippen MR) is 85.4 cm³/mol. The third kappa shape index (κ3) is 4.40. The van der Waals surface area contributed by atoms with Crippen LogP contribution in [0.15, 0.2) is 21.7 Å². The van der Waals surface area contributed by atoms with Gasteiger partial charge in [0.25, 0.3) is 10.0 Å². The van der Waals surface area contributed by atoms with Crippen molar-refractivity contribution in [3.8, 4) is 0 Å². The van der Waals surface area contributed by atoms with E-state index in [0.29, 0.717) is 6.54 Å². The van der Waals surface area contributed by atoms with E-state index in [1.165, 1.54) is 6.07 Å². The molecule has 1 aromatic rings. The molecule has 0 radical (unpaired) electrons. The first kappa shape index (κ1) is 18.4. The molecule has 1 amide bonds. The molecule has 0 spiro atoms. The van der Waals surface area contributed by atoms with Gasteiger partial charge in [0.1, 0.15) is 4.21 Å². The van der Waals surface area contributed by atoms with Gasteiger partial charge in [0, 0.05) is 25.7 Å². The second-order valence-corrected chi connectivity index (χ2v) is 7.75. The van der Waals surface area contributed by atoms with E-state index < -0.39 is 16.1 Å². The number of thiophene rings is 1. The first-order valence-corrected chi connectivity index (χ1v) is 8.85. The van der Waals surface area contributed by atoms with E-state index >= 15 is 0 Å². The molecule has 2 unspecified atom stereocenters. The summed E-state index contributed by atoms with van der Waals surface area (Å²) in [6, 6.07) is 2.51. The van der Waals surface area contributed by atoms with E-state index in [-0.39, 0.29) is 28.6 Å². The number of carbonyl (C=O) groups excluding carboxylic acids is 1. The third-order valence-corrected chi connectivity index (χ3v) is 6.18. The molecule has 21 heavy (non-hydrogen) atoms. The molecule has 2 N–H and O–H groups in total. The normalized spacial score (nSPS) is 20.7. The number of piperazine rings is 1. The van der Waals surface area contributed by atoms with Gasteiger partial charge in [-0.25, -0.2) is 8.42 Å². The highest BCUT2D eigenvalue weighted by Crippen LogP contribution is 2.16. The molecule has 1 aromatic heterocycles. The Labute approximate surface area is 135 Å². The van der Waals surface area contributed by atoms with Gasteiger partial charge in [-0.3, -0.25) is 4.79 Å². The zero-order chi connectivity index (χ0) is 14.8. The number of halogens is 1. The molecule has 0 bridgehead atoms. The molecule has 2 rings (SSSR count). The van der Waals surface area contributed by atoms with E-state index in [4.69, 9.17) is 0 Å². The second-order valence-electron chi connectivity index (χ2n) is 4.86. The molecule has 2 heterocycles. The van der Waals surface area contributed by atoms with Crippen LogP contribution in [0, 0.1) is 0 Å². The first-order chi connectivity index (χ1) is 9.42. The van der Waals surface area contributed by atoms with E-state index in [2.05, 4.69) is 10.0 Å². The average Bonchev–Trinajstić information content (AvgIpc) is 2.92. The highest BCUT2D eigenvalue weighted by atomic mass is 35.5. The van der Waals surface area contributed by atoms with Gasteiger partial charge in [-0.2, -0.15) is 4.72 Å². The van der Waals surface area contributed by atoms with Crippen LogP contribution in [-0.2, 0) is 14.8 Å². The number of nitrogens with zero attached hydrogens (tertiary/aromatic N) is 1. The van der Waals surface area contributed by atoms with Crippen LogP contribution in [0.3, 0.4) is 0 Å². The lowest BCUT2D eigenvalue weighted by molar-refractivity contribution is -0.135. The zero-order valence-corrected chi connectivity index (χ0v) is 14.4. The van der Waals surface area contributed by atoms with Crippen LogP contribution in [0.5, 0.6) is 0 Å². The van der Waals surface area contributed by atoms with E-state index in [1.807, 2.05) is 6.92 Å². The number of rotatable bonds is 4. The standard InChI is InChI=1S/C12H19N3O3S2.ClH/c1-9-8-13-5-6-15(9)12(16)10(2)14-20(17,18)11-4-3-7-19-11;/h3-4,7,9-10,13-14H,5-6,8H2,1-2H3;1H. The summed E-state index contributed by atoms with van der Waals surface area (Å²) < 4.78 is 26.9. The fourth-order valence-electron chi connectivity index (χ4n) is 2.17. The Morgan fingerprint density at radius 2 is 2.29 bits per heavy atom. The summed E-state index contributed by atoms with van der Waals surface area (Å²) in [5, 5.41) is 4.89. The number of nitrogens with one attached hydrogen (secondary N) is 2. The van der Waals surface area contributed by atoms with Crippen LogP contribution in [0.25, 0.3) is 0 Å². The fraction of sp³-hybridized carbons (Fsp3) is 0.583. The summed E-state index contributed by atoms with van der Waals surface area (Å²) in [5.41, 5.74) is 0. The maximum Gasteiger partial charge on any atom is 0.250 e. The van der Waals surface area contributed by atoms with Gasteiger partial charge in [-0.15, -0.1) is 23.7 Å². The number of amides is 1. The van der Waals surface area contributed by atoms with Crippen molar-refractivity contribution < 1.29 is 13.2 Å². The summed E-state index contributed by atoms with van der Waals surface area (Å²) in [7, 11) is -3.61. The maximum atomic E-state index is 12.3. The SMILES string of the molecule is CC(NS(=O)(=O)c1cccs1)C(=O)N1CCNCC1C.Cl. The molecule has 120 valence electrons. The van der Waals surface area contributed by atoms with E-state index in [0.717, 1.165) is 24.4 Å². The molecule has 0 saturated carbocycles. The Hall–Kier alpha value is -0.670. The highest BCUT2D eigenvalue weighted by molar-refractivity contribution is 7.91. The molecule has 1 saturated heterocycles. The Morgan fingerprint density at radius 1 is 1.57 bits per heavy atom. The lowest BCUT2D eigenvalue weighted by Crippen LogP contribution is -2.57. The monoisotopic (exact) mass is 353 g/mol. The van der Waals surface area contributed by atoms with Gasteiger partial charge in [0.15, 0.2) is 0 Å². The van der Waals surface area contributed by atoms with Gasteiger partial charge in [0.05, 0.1) is 6.04 Å². The molecular weight excluding hydrogens is 334 g/mol. The van der Waals surface area contributed by atoms with Crippen LogP contribution in [0.2, 0.25) is 0 Å². The lowest BCUT2D eigenvalue weighted by Gasteiger charge is -2.35.